The minimum Gasteiger partial charge on any atom is -0.332 e. The number of imidazole rings is 1. The van der Waals surface area contributed by atoms with E-state index in [9.17, 15) is 8.42 Å². The molecule has 94 valence electrons. The lowest BCUT2D eigenvalue weighted by Crippen LogP contribution is -2.20. The van der Waals surface area contributed by atoms with E-state index in [0.29, 0.717) is 11.5 Å². The third-order valence-corrected chi connectivity index (χ3v) is 5.74. The van der Waals surface area contributed by atoms with E-state index >= 15 is 0 Å². The SMILES string of the molecule is CC1CCn2c(cnc2C2CCS(=O)(=O)C2)C1. The van der Waals surface area contributed by atoms with Gasteiger partial charge in [0.1, 0.15) is 5.82 Å². The molecule has 1 saturated heterocycles. The Morgan fingerprint density at radius 3 is 2.94 bits per heavy atom. The van der Waals surface area contributed by atoms with Crippen molar-refractivity contribution in [2.75, 3.05) is 11.5 Å². The predicted molar refractivity (Wildman–Crippen MR) is 65.7 cm³/mol. The number of fused-ring (bicyclic) bond motifs is 1. The van der Waals surface area contributed by atoms with Crippen LogP contribution in [-0.4, -0.2) is 29.5 Å². The van der Waals surface area contributed by atoms with Crippen LogP contribution >= 0.6 is 0 Å². The Morgan fingerprint density at radius 1 is 1.41 bits per heavy atom. The molecular formula is C12H18N2O2S. The van der Waals surface area contributed by atoms with Crippen LogP contribution in [0.1, 0.15) is 37.2 Å². The average molecular weight is 254 g/mol. The lowest BCUT2D eigenvalue weighted by Gasteiger charge is -2.23. The Hall–Kier alpha value is -0.840. The number of rotatable bonds is 1. The fourth-order valence-corrected chi connectivity index (χ4v) is 4.72. The van der Waals surface area contributed by atoms with Crippen molar-refractivity contribution in [2.45, 2.75) is 38.6 Å². The van der Waals surface area contributed by atoms with Crippen molar-refractivity contribution in [1.82, 2.24) is 9.55 Å². The van der Waals surface area contributed by atoms with E-state index in [-0.39, 0.29) is 5.92 Å². The maximum atomic E-state index is 11.5. The Labute approximate surface area is 102 Å². The van der Waals surface area contributed by atoms with Gasteiger partial charge in [-0.25, -0.2) is 13.4 Å². The highest BCUT2D eigenvalue weighted by atomic mass is 32.2. The van der Waals surface area contributed by atoms with E-state index in [0.717, 1.165) is 31.1 Å². The smallest absolute Gasteiger partial charge is 0.151 e. The van der Waals surface area contributed by atoms with Crippen molar-refractivity contribution >= 4 is 9.84 Å². The third kappa shape index (κ3) is 2.01. The molecule has 2 atom stereocenters. The molecule has 1 aromatic heterocycles. The first kappa shape index (κ1) is 11.3. The number of nitrogens with zero attached hydrogens (tertiary/aromatic N) is 2. The molecule has 3 rings (SSSR count). The van der Waals surface area contributed by atoms with E-state index in [1.807, 2.05) is 6.20 Å². The quantitative estimate of drug-likeness (QED) is 0.760. The summed E-state index contributed by atoms with van der Waals surface area (Å²) in [5.74, 6) is 2.48. The molecular weight excluding hydrogens is 236 g/mol. The largest absolute Gasteiger partial charge is 0.332 e. The summed E-state index contributed by atoms with van der Waals surface area (Å²) in [6, 6.07) is 0. The zero-order valence-corrected chi connectivity index (χ0v) is 10.9. The van der Waals surface area contributed by atoms with Crippen LogP contribution in [0.4, 0.5) is 0 Å². The maximum Gasteiger partial charge on any atom is 0.151 e. The highest BCUT2D eigenvalue weighted by Crippen LogP contribution is 2.31. The molecule has 17 heavy (non-hydrogen) atoms. The van der Waals surface area contributed by atoms with Gasteiger partial charge in [-0.05, 0) is 25.2 Å². The van der Waals surface area contributed by atoms with E-state index in [1.165, 1.54) is 12.1 Å². The molecule has 0 N–H and O–H groups in total. The van der Waals surface area contributed by atoms with Crippen molar-refractivity contribution < 1.29 is 8.42 Å². The van der Waals surface area contributed by atoms with Crippen molar-refractivity contribution in [2.24, 2.45) is 5.92 Å². The summed E-state index contributed by atoms with van der Waals surface area (Å²) in [5, 5.41) is 0. The monoisotopic (exact) mass is 254 g/mol. The molecule has 0 aromatic carbocycles. The Balaban J connectivity index is 1.90. The topological polar surface area (TPSA) is 52.0 Å². The van der Waals surface area contributed by atoms with Gasteiger partial charge in [0, 0.05) is 24.4 Å². The number of hydrogen-bond acceptors (Lipinski definition) is 3. The minimum absolute atomic E-state index is 0.127. The molecule has 2 aliphatic heterocycles. The second kappa shape index (κ2) is 3.83. The summed E-state index contributed by atoms with van der Waals surface area (Å²) in [6.07, 6.45) is 4.94. The number of aromatic nitrogens is 2. The first-order valence-corrected chi connectivity index (χ1v) is 8.12. The summed E-state index contributed by atoms with van der Waals surface area (Å²) in [7, 11) is -2.81. The molecule has 0 saturated carbocycles. The second-order valence-electron chi connectivity index (χ2n) is 5.46. The highest BCUT2D eigenvalue weighted by molar-refractivity contribution is 7.91. The predicted octanol–water partition coefficient (Wildman–Crippen LogP) is 1.37. The zero-order chi connectivity index (χ0) is 12.0. The molecule has 1 fully saturated rings. The van der Waals surface area contributed by atoms with E-state index in [2.05, 4.69) is 16.5 Å². The molecule has 0 aliphatic carbocycles. The van der Waals surface area contributed by atoms with Gasteiger partial charge in [-0.2, -0.15) is 0 Å². The van der Waals surface area contributed by atoms with Gasteiger partial charge in [0.25, 0.3) is 0 Å². The highest BCUT2D eigenvalue weighted by Gasteiger charge is 2.33. The van der Waals surface area contributed by atoms with Crippen LogP contribution in [0.3, 0.4) is 0 Å². The van der Waals surface area contributed by atoms with Crippen LogP contribution in [-0.2, 0) is 22.8 Å². The molecule has 0 bridgehead atoms. The average Bonchev–Trinajstić information content (AvgIpc) is 2.80. The van der Waals surface area contributed by atoms with Crippen molar-refractivity contribution in [3.8, 4) is 0 Å². The lowest BCUT2D eigenvalue weighted by molar-refractivity contribution is 0.404. The molecule has 0 radical (unpaired) electrons. The lowest BCUT2D eigenvalue weighted by atomic mass is 9.98. The Bertz CT molecular complexity index is 533. The third-order valence-electron chi connectivity index (χ3n) is 3.97. The molecule has 2 aliphatic rings. The molecule has 5 heteroatoms. The van der Waals surface area contributed by atoms with Gasteiger partial charge in [-0.15, -0.1) is 0 Å². The summed E-state index contributed by atoms with van der Waals surface area (Å²) in [6.45, 7) is 3.26. The van der Waals surface area contributed by atoms with Gasteiger partial charge in [0.15, 0.2) is 9.84 Å². The Kier molecular flexibility index (Phi) is 2.54. The Morgan fingerprint density at radius 2 is 2.24 bits per heavy atom. The van der Waals surface area contributed by atoms with Gasteiger partial charge < -0.3 is 4.57 Å². The van der Waals surface area contributed by atoms with Crippen LogP contribution in [0, 0.1) is 5.92 Å². The molecule has 0 amide bonds. The summed E-state index contributed by atoms with van der Waals surface area (Å²) < 4.78 is 25.3. The van der Waals surface area contributed by atoms with Gasteiger partial charge in [0.2, 0.25) is 0 Å². The fourth-order valence-electron chi connectivity index (χ4n) is 2.98. The van der Waals surface area contributed by atoms with Gasteiger partial charge in [-0.1, -0.05) is 6.92 Å². The van der Waals surface area contributed by atoms with Gasteiger partial charge >= 0.3 is 0 Å². The van der Waals surface area contributed by atoms with Crippen LogP contribution in [0.2, 0.25) is 0 Å². The maximum absolute atomic E-state index is 11.5. The molecule has 0 spiro atoms. The summed E-state index contributed by atoms with van der Waals surface area (Å²) in [5.41, 5.74) is 1.28. The van der Waals surface area contributed by atoms with Crippen molar-refractivity contribution in [1.29, 1.82) is 0 Å². The standard InChI is InChI=1S/C12H18N2O2S/c1-9-2-4-14-11(6-9)7-13-12(14)10-3-5-17(15,16)8-10/h7,9-10H,2-6,8H2,1H3. The normalized spacial score (nSPS) is 31.4. The first-order chi connectivity index (χ1) is 8.05. The number of sulfone groups is 1. The summed E-state index contributed by atoms with van der Waals surface area (Å²) >= 11 is 0. The fraction of sp³-hybridized carbons (Fsp3) is 0.750. The second-order valence-corrected chi connectivity index (χ2v) is 7.69. The van der Waals surface area contributed by atoms with Gasteiger partial charge in [0.05, 0.1) is 11.5 Å². The molecule has 3 heterocycles. The van der Waals surface area contributed by atoms with Crippen LogP contribution < -0.4 is 0 Å². The van der Waals surface area contributed by atoms with E-state index in [4.69, 9.17) is 0 Å². The number of hydrogen-bond donors (Lipinski definition) is 0. The van der Waals surface area contributed by atoms with Crippen molar-refractivity contribution in [3.05, 3.63) is 17.7 Å². The van der Waals surface area contributed by atoms with E-state index < -0.39 is 9.84 Å². The van der Waals surface area contributed by atoms with Gasteiger partial charge in [-0.3, -0.25) is 0 Å². The molecule has 4 nitrogen and oxygen atoms in total. The molecule has 2 unspecified atom stereocenters. The zero-order valence-electron chi connectivity index (χ0n) is 10.1. The van der Waals surface area contributed by atoms with Crippen LogP contribution in [0.15, 0.2) is 6.20 Å². The minimum atomic E-state index is -2.81. The molecule has 1 aromatic rings. The summed E-state index contributed by atoms with van der Waals surface area (Å²) in [4.78, 5) is 4.48. The van der Waals surface area contributed by atoms with E-state index in [1.54, 1.807) is 0 Å². The van der Waals surface area contributed by atoms with Crippen LogP contribution in [0.25, 0.3) is 0 Å². The van der Waals surface area contributed by atoms with Crippen molar-refractivity contribution in [3.63, 3.8) is 0 Å². The first-order valence-electron chi connectivity index (χ1n) is 6.30. The van der Waals surface area contributed by atoms with Crippen LogP contribution in [0.5, 0.6) is 0 Å².